The van der Waals surface area contributed by atoms with Gasteiger partial charge in [0, 0.05) is 31.9 Å². The van der Waals surface area contributed by atoms with Gasteiger partial charge in [0.2, 0.25) is 0 Å². The maximum Gasteiger partial charge on any atom is 0.191 e. The van der Waals surface area contributed by atoms with Crippen molar-refractivity contribution in [1.82, 2.24) is 14.8 Å². The normalized spacial score (nSPS) is 11.4. The Morgan fingerprint density at radius 3 is 2.45 bits per heavy atom. The molecule has 0 saturated carbocycles. The minimum absolute atomic E-state index is 0.131. The number of rotatable bonds is 11. The van der Waals surface area contributed by atoms with Crippen molar-refractivity contribution >= 4 is 11.8 Å². The second kappa shape index (κ2) is 10.1. The zero-order valence-corrected chi connectivity index (χ0v) is 13.5. The van der Waals surface area contributed by atoms with Gasteiger partial charge in [-0.1, -0.05) is 18.7 Å². The van der Waals surface area contributed by atoms with E-state index >= 15 is 0 Å². The molecule has 0 unspecified atom stereocenters. The molecule has 116 valence electrons. The van der Waals surface area contributed by atoms with Gasteiger partial charge in [-0.2, -0.15) is 0 Å². The van der Waals surface area contributed by atoms with E-state index in [1.165, 1.54) is 0 Å². The lowest BCUT2D eigenvalue weighted by Gasteiger charge is -2.16. The minimum Gasteiger partial charge on any atom is -0.353 e. The molecule has 1 rings (SSSR count). The topological polar surface area (TPSA) is 75.2 Å². The fourth-order valence-electron chi connectivity index (χ4n) is 1.86. The second-order valence-electron chi connectivity index (χ2n) is 4.23. The summed E-state index contributed by atoms with van der Waals surface area (Å²) in [6.45, 7) is 8.75. The van der Waals surface area contributed by atoms with E-state index in [0.717, 1.165) is 36.1 Å². The summed E-state index contributed by atoms with van der Waals surface area (Å²) in [6.07, 6.45) is 1.75. The van der Waals surface area contributed by atoms with Gasteiger partial charge in [-0.3, -0.25) is 0 Å². The van der Waals surface area contributed by atoms with E-state index in [0.29, 0.717) is 19.8 Å². The molecule has 0 aliphatic heterocycles. The van der Waals surface area contributed by atoms with Crippen molar-refractivity contribution in [2.75, 3.05) is 19.0 Å². The summed E-state index contributed by atoms with van der Waals surface area (Å²) >= 11 is 1.68. The largest absolute Gasteiger partial charge is 0.353 e. The van der Waals surface area contributed by atoms with Crippen molar-refractivity contribution in [1.29, 1.82) is 0 Å². The molecule has 0 amide bonds. The molecule has 0 radical (unpaired) electrons. The van der Waals surface area contributed by atoms with Crippen molar-refractivity contribution in [3.05, 3.63) is 5.82 Å². The molecule has 1 aromatic rings. The SMILES string of the molecule is CCCn1c(CN)nnc1SCCC(OCC)OCC. The Labute approximate surface area is 125 Å². The highest BCUT2D eigenvalue weighted by atomic mass is 32.2. The van der Waals surface area contributed by atoms with E-state index in [1.807, 2.05) is 13.8 Å². The molecule has 0 bridgehead atoms. The fourth-order valence-corrected chi connectivity index (χ4v) is 2.80. The highest BCUT2D eigenvalue weighted by Gasteiger charge is 2.13. The molecule has 1 heterocycles. The van der Waals surface area contributed by atoms with Gasteiger partial charge in [0.25, 0.3) is 0 Å². The first-order valence-electron chi connectivity index (χ1n) is 7.24. The standard InChI is InChI=1S/C13H26N4O2S/c1-4-8-17-11(10-14)15-16-13(17)20-9-7-12(18-5-2)19-6-3/h12H,4-10,14H2,1-3H3. The molecule has 0 aromatic carbocycles. The first-order chi connectivity index (χ1) is 9.76. The van der Waals surface area contributed by atoms with Gasteiger partial charge in [0.05, 0.1) is 6.54 Å². The van der Waals surface area contributed by atoms with Crippen LogP contribution in [0, 0.1) is 0 Å². The van der Waals surface area contributed by atoms with E-state index in [-0.39, 0.29) is 6.29 Å². The van der Waals surface area contributed by atoms with Crippen LogP contribution in [0.5, 0.6) is 0 Å². The summed E-state index contributed by atoms with van der Waals surface area (Å²) < 4.78 is 13.2. The second-order valence-corrected chi connectivity index (χ2v) is 5.29. The zero-order chi connectivity index (χ0) is 14.8. The predicted octanol–water partition coefficient (Wildman–Crippen LogP) is 2.03. The Bertz CT molecular complexity index is 367. The summed E-state index contributed by atoms with van der Waals surface area (Å²) in [7, 11) is 0. The average Bonchev–Trinajstić information content (AvgIpc) is 2.82. The summed E-state index contributed by atoms with van der Waals surface area (Å²) in [5.41, 5.74) is 5.68. The van der Waals surface area contributed by atoms with Crippen LogP contribution in [0.1, 0.15) is 39.4 Å². The third-order valence-corrected chi connectivity index (χ3v) is 3.71. The molecule has 0 aliphatic rings. The molecule has 7 heteroatoms. The number of aromatic nitrogens is 3. The Kier molecular flexibility index (Phi) is 8.84. The van der Waals surface area contributed by atoms with Crippen molar-refractivity contribution in [2.45, 2.75) is 58.1 Å². The summed E-state index contributed by atoms with van der Waals surface area (Å²) in [5.74, 6) is 1.73. The number of hydrogen-bond acceptors (Lipinski definition) is 6. The van der Waals surface area contributed by atoms with Crippen LogP contribution in [0.25, 0.3) is 0 Å². The zero-order valence-electron chi connectivity index (χ0n) is 12.7. The lowest BCUT2D eigenvalue weighted by atomic mass is 10.4. The van der Waals surface area contributed by atoms with Crippen molar-refractivity contribution < 1.29 is 9.47 Å². The maximum absolute atomic E-state index is 5.68. The van der Waals surface area contributed by atoms with Crippen LogP contribution < -0.4 is 5.73 Å². The number of hydrogen-bond donors (Lipinski definition) is 1. The number of nitrogens with zero attached hydrogens (tertiary/aromatic N) is 3. The maximum atomic E-state index is 5.68. The quantitative estimate of drug-likeness (QED) is 0.498. The van der Waals surface area contributed by atoms with Gasteiger partial charge in [-0.05, 0) is 20.3 Å². The first kappa shape index (κ1) is 17.4. The Hall–Kier alpha value is -0.630. The molecule has 1 aromatic heterocycles. The van der Waals surface area contributed by atoms with E-state index in [1.54, 1.807) is 11.8 Å². The molecular weight excluding hydrogens is 276 g/mol. The van der Waals surface area contributed by atoms with Crippen LogP contribution in [0.4, 0.5) is 0 Å². The fraction of sp³-hybridized carbons (Fsp3) is 0.846. The van der Waals surface area contributed by atoms with E-state index in [4.69, 9.17) is 15.2 Å². The predicted molar refractivity (Wildman–Crippen MR) is 80.6 cm³/mol. The van der Waals surface area contributed by atoms with Gasteiger partial charge < -0.3 is 19.8 Å². The molecule has 0 aliphatic carbocycles. The molecule has 2 N–H and O–H groups in total. The van der Waals surface area contributed by atoms with Crippen LogP contribution in [0.3, 0.4) is 0 Å². The summed E-state index contributed by atoms with van der Waals surface area (Å²) in [5, 5.41) is 9.27. The molecule has 0 saturated heterocycles. The van der Waals surface area contributed by atoms with Crippen LogP contribution in [-0.2, 0) is 22.6 Å². The number of thioether (sulfide) groups is 1. The Morgan fingerprint density at radius 2 is 1.90 bits per heavy atom. The number of nitrogens with two attached hydrogens (primary N) is 1. The smallest absolute Gasteiger partial charge is 0.191 e. The van der Waals surface area contributed by atoms with Crippen LogP contribution in [0.15, 0.2) is 5.16 Å². The lowest BCUT2D eigenvalue weighted by Crippen LogP contribution is -2.18. The third-order valence-electron chi connectivity index (χ3n) is 2.71. The molecular formula is C13H26N4O2S. The van der Waals surface area contributed by atoms with E-state index in [9.17, 15) is 0 Å². The van der Waals surface area contributed by atoms with Crippen LogP contribution in [0.2, 0.25) is 0 Å². The Balaban J connectivity index is 2.49. The van der Waals surface area contributed by atoms with Crippen molar-refractivity contribution in [2.24, 2.45) is 5.73 Å². The Morgan fingerprint density at radius 1 is 1.20 bits per heavy atom. The molecule has 20 heavy (non-hydrogen) atoms. The van der Waals surface area contributed by atoms with E-state index in [2.05, 4.69) is 21.7 Å². The van der Waals surface area contributed by atoms with Gasteiger partial charge in [0.1, 0.15) is 5.82 Å². The van der Waals surface area contributed by atoms with Crippen LogP contribution in [-0.4, -0.2) is 40.0 Å². The highest BCUT2D eigenvalue weighted by Crippen LogP contribution is 2.19. The van der Waals surface area contributed by atoms with E-state index < -0.39 is 0 Å². The van der Waals surface area contributed by atoms with Gasteiger partial charge in [-0.25, -0.2) is 0 Å². The molecule has 0 spiro atoms. The average molecular weight is 302 g/mol. The highest BCUT2D eigenvalue weighted by molar-refractivity contribution is 7.99. The summed E-state index contributed by atoms with van der Waals surface area (Å²) in [6, 6.07) is 0. The van der Waals surface area contributed by atoms with Gasteiger partial charge >= 0.3 is 0 Å². The van der Waals surface area contributed by atoms with Gasteiger partial charge in [0.15, 0.2) is 11.4 Å². The lowest BCUT2D eigenvalue weighted by molar-refractivity contribution is -0.136. The van der Waals surface area contributed by atoms with Crippen molar-refractivity contribution in [3.8, 4) is 0 Å². The monoisotopic (exact) mass is 302 g/mol. The van der Waals surface area contributed by atoms with Crippen LogP contribution >= 0.6 is 11.8 Å². The molecule has 0 fully saturated rings. The number of ether oxygens (including phenoxy) is 2. The van der Waals surface area contributed by atoms with Crippen molar-refractivity contribution in [3.63, 3.8) is 0 Å². The third kappa shape index (κ3) is 5.40. The summed E-state index contributed by atoms with van der Waals surface area (Å²) in [4.78, 5) is 0. The molecule has 0 atom stereocenters. The first-order valence-corrected chi connectivity index (χ1v) is 8.23. The molecule has 6 nitrogen and oxygen atoms in total. The van der Waals surface area contributed by atoms with Gasteiger partial charge in [-0.15, -0.1) is 10.2 Å². The minimum atomic E-state index is -0.131.